The number of nitrogens with zero attached hydrogens (tertiary/aromatic N) is 2. The summed E-state index contributed by atoms with van der Waals surface area (Å²) in [5, 5.41) is 2.90. The minimum atomic E-state index is -4.06. The zero-order valence-electron chi connectivity index (χ0n) is 22.6. The van der Waals surface area contributed by atoms with Gasteiger partial charge in [-0.05, 0) is 56.5 Å². The van der Waals surface area contributed by atoms with Crippen LogP contribution in [0.4, 0.5) is 5.69 Å². The van der Waals surface area contributed by atoms with E-state index in [1.807, 2.05) is 52.0 Å². The molecule has 1 N–H and O–H groups in total. The van der Waals surface area contributed by atoms with Crippen molar-refractivity contribution < 1.29 is 18.0 Å². The predicted octanol–water partition coefficient (Wildman–Crippen LogP) is 4.83. The van der Waals surface area contributed by atoms with Crippen molar-refractivity contribution in [3.63, 3.8) is 0 Å². The van der Waals surface area contributed by atoms with Gasteiger partial charge >= 0.3 is 0 Å². The van der Waals surface area contributed by atoms with Gasteiger partial charge in [-0.1, -0.05) is 79.6 Å². The fourth-order valence-corrected chi connectivity index (χ4v) is 5.67. The van der Waals surface area contributed by atoms with Crippen LogP contribution in [0.25, 0.3) is 0 Å². The van der Waals surface area contributed by atoms with Gasteiger partial charge in [-0.25, -0.2) is 8.42 Å². The summed E-state index contributed by atoms with van der Waals surface area (Å²) in [6.07, 6.45) is 1.16. The number of hydrogen-bond donors (Lipinski definition) is 1. The molecule has 0 radical (unpaired) electrons. The lowest BCUT2D eigenvalue weighted by molar-refractivity contribution is -0.140. The van der Waals surface area contributed by atoms with Crippen LogP contribution in [0.15, 0.2) is 83.8 Å². The van der Waals surface area contributed by atoms with E-state index in [2.05, 4.69) is 5.32 Å². The van der Waals surface area contributed by atoms with Crippen molar-refractivity contribution in [1.29, 1.82) is 0 Å². The average Bonchev–Trinajstić information content (AvgIpc) is 2.91. The van der Waals surface area contributed by atoms with Crippen molar-refractivity contribution in [3.05, 3.63) is 95.6 Å². The first kappa shape index (κ1) is 28.9. The molecule has 0 aromatic heterocycles. The highest BCUT2D eigenvalue weighted by atomic mass is 32.2. The molecule has 7 nitrogen and oxygen atoms in total. The number of nitrogens with one attached hydrogen (secondary N) is 1. The first-order valence-corrected chi connectivity index (χ1v) is 14.4. The second-order valence-electron chi connectivity index (χ2n) is 9.39. The summed E-state index contributed by atoms with van der Waals surface area (Å²) in [7, 11) is -4.06. The van der Waals surface area contributed by atoms with Crippen LogP contribution in [0.1, 0.15) is 43.4 Å². The van der Waals surface area contributed by atoms with Crippen LogP contribution in [0, 0.1) is 13.8 Å². The molecule has 2 amide bonds. The first-order valence-electron chi connectivity index (χ1n) is 12.9. The number of rotatable bonds is 12. The summed E-state index contributed by atoms with van der Waals surface area (Å²) in [4.78, 5) is 28.7. The number of carbonyl (C=O) groups excluding carboxylic acids is 2. The standard InChI is InChI=1S/C30H37N3O4S/c1-5-19-31-30(35)28(6-2)32(21-25-12-10-11-24(4)20-25)29(34)22-33(26-13-8-7-9-14-26)38(36,37)27-17-15-23(3)16-18-27/h7-18,20,28H,5-6,19,21-22H2,1-4H3,(H,31,35). The fourth-order valence-electron chi connectivity index (χ4n) is 4.25. The number of amides is 2. The molecule has 3 rings (SSSR count). The van der Waals surface area contributed by atoms with Crippen molar-refractivity contribution in [2.45, 2.75) is 58.0 Å². The molecular formula is C30H37N3O4S. The van der Waals surface area contributed by atoms with Crippen molar-refractivity contribution in [3.8, 4) is 0 Å². The molecule has 0 aliphatic heterocycles. The number of anilines is 1. The SMILES string of the molecule is CCCNC(=O)C(CC)N(Cc1cccc(C)c1)C(=O)CN(c1ccccc1)S(=O)(=O)c1ccc(C)cc1. The van der Waals surface area contributed by atoms with Gasteiger partial charge in [0.05, 0.1) is 10.6 Å². The van der Waals surface area contributed by atoms with Gasteiger partial charge in [-0.2, -0.15) is 0 Å². The van der Waals surface area contributed by atoms with Crippen LogP contribution in [0.3, 0.4) is 0 Å². The molecule has 1 unspecified atom stereocenters. The van der Waals surface area contributed by atoms with Crippen molar-refractivity contribution in [1.82, 2.24) is 10.2 Å². The quantitative estimate of drug-likeness (QED) is 0.360. The Balaban J connectivity index is 2.02. The van der Waals surface area contributed by atoms with Crippen molar-refractivity contribution >= 4 is 27.5 Å². The molecule has 3 aromatic rings. The molecule has 0 heterocycles. The summed E-state index contributed by atoms with van der Waals surface area (Å²) >= 11 is 0. The Bertz CT molecular complexity index is 1330. The van der Waals surface area contributed by atoms with Crippen LogP contribution in [-0.2, 0) is 26.2 Å². The van der Waals surface area contributed by atoms with Crippen LogP contribution in [-0.4, -0.2) is 44.3 Å². The Morgan fingerprint density at radius 2 is 1.55 bits per heavy atom. The topological polar surface area (TPSA) is 86.8 Å². The lowest BCUT2D eigenvalue weighted by Crippen LogP contribution is -2.52. The van der Waals surface area contributed by atoms with Crippen LogP contribution in [0.5, 0.6) is 0 Å². The van der Waals surface area contributed by atoms with Gasteiger partial charge in [0.1, 0.15) is 12.6 Å². The highest BCUT2D eigenvalue weighted by molar-refractivity contribution is 7.92. The Labute approximate surface area is 226 Å². The maximum Gasteiger partial charge on any atom is 0.264 e. The molecule has 3 aromatic carbocycles. The predicted molar refractivity (Wildman–Crippen MR) is 151 cm³/mol. The number of hydrogen-bond acceptors (Lipinski definition) is 4. The molecule has 0 fully saturated rings. The van der Waals surface area contributed by atoms with Gasteiger partial charge in [0, 0.05) is 13.1 Å². The Morgan fingerprint density at radius 3 is 2.16 bits per heavy atom. The number of carbonyl (C=O) groups is 2. The lowest BCUT2D eigenvalue weighted by atomic mass is 10.1. The zero-order chi connectivity index (χ0) is 27.7. The zero-order valence-corrected chi connectivity index (χ0v) is 23.4. The van der Waals surface area contributed by atoms with E-state index < -0.39 is 28.5 Å². The van der Waals surface area contributed by atoms with Crippen molar-refractivity contribution in [2.24, 2.45) is 0 Å². The third kappa shape index (κ3) is 7.22. The molecule has 0 aliphatic carbocycles. The number of aryl methyl sites for hydroxylation is 2. The first-order chi connectivity index (χ1) is 18.2. The van der Waals surface area contributed by atoms with Gasteiger partial charge in [-0.15, -0.1) is 0 Å². The summed E-state index contributed by atoms with van der Waals surface area (Å²) in [5.41, 5.74) is 3.21. The van der Waals surface area contributed by atoms with Gasteiger partial charge in [0.25, 0.3) is 10.0 Å². The molecule has 0 saturated heterocycles. The molecule has 1 atom stereocenters. The van der Waals surface area contributed by atoms with Gasteiger partial charge in [0.2, 0.25) is 11.8 Å². The second kappa shape index (κ2) is 13.2. The van der Waals surface area contributed by atoms with Crippen LogP contribution in [0.2, 0.25) is 0 Å². The minimum absolute atomic E-state index is 0.0951. The van der Waals surface area contributed by atoms with E-state index in [9.17, 15) is 18.0 Å². The highest BCUT2D eigenvalue weighted by Crippen LogP contribution is 2.25. The normalized spacial score (nSPS) is 12.0. The molecule has 0 bridgehead atoms. The summed E-state index contributed by atoms with van der Waals surface area (Å²) in [5.74, 6) is -0.701. The third-order valence-electron chi connectivity index (χ3n) is 6.30. The molecule has 0 spiro atoms. The molecule has 38 heavy (non-hydrogen) atoms. The number of sulfonamides is 1. The van der Waals surface area contributed by atoms with E-state index in [1.54, 1.807) is 54.6 Å². The fraction of sp³-hybridized carbons (Fsp3) is 0.333. The molecule has 0 aliphatic rings. The lowest BCUT2D eigenvalue weighted by Gasteiger charge is -2.33. The van der Waals surface area contributed by atoms with Gasteiger partial charge in [0.15, 0.2) is 0 Å². The van der Waals surface area contributed by atoms with Gasteiger partial charge < -0.3 is 10.2 Å². The maximum atomic E-state index is 14.0. The summed E-state index contributed by atoms with van der Waals surface area (Å²) in [6.45, 7) is 7.91. The Hall–Kier alpha value is -3.65. The highest BCUT2D eigenvalue weighted by Gasteiger charge is 2.33. The van der Waals surface area contributed by atoms with Crippen LogP contribution >= 0.6 is 0 Å². The summed E-state index contributed by atoms with van der Waals surface area (Å²) in [6, 6.07) is 22.1. The van der Waals surface area contributed by atoms with E-state index in [-0.39, 0.29) is 17.3 Å². The minimum Gasteiger partial charge on any atom is -0.354 e. The Kier molecular flexibility index (Phi) is 10.1. The molecule has 0 saturated carbocycles. The summed E-state index contributed by atoms with van der Waals surface area (Å²) < 4.78 is 28.7. The average molecular weight is 536 g/mol. The smallest absolute Gasteiger partial charge is 0.264 e. The second-order valence-corrected chi connectivity index (χ2v) is 11.2. The number of para-hydroxylation sites is 1. The monoisotopic (exact) mass is 535 g/mol. The van der Waals surface area contributed by atoms with Gasteiger partial charge in [-0.3, -0.25) is 13.9 Å². The van der Waals surface area contributed by atoms with E-state index in [0.717, 1.165) is 27.4 Å². The van der Waals surface area contributed by atoms with Crippen molar-refractivity contribution in [2.75, 3.05) is 17.4 Å². The van der Waals surface area contributed by atoms with E-state index >= 15 is 0 Å². The molecule has 202 valence electrons. The van der Waals surface area contributed by atoms with E-state index in [0.29, 0.717) is 18.7 Å². The molecular weight excluding hydrogens is 498 g/mol. The van der Waals surface area contributed by atoms with E-state index in [4.69, 9.17) is 0 Å². The van der Waals surface area contributed by atoms with Crippen LogP contribution < -0.4 is 9.62 Å². The number of benzene rings is 3. The largest absolute Gasteiger partial charge is 0.354 e. The maximum absolute atomic E-state index is 14.0. The molecule has 8 heteroatoms. The Morgan fingerprint density at radius 1 is 0.868 bits per heavy atom. The third-order valence-corrected chi connectivity index (χ3v) is 8.09. The van der Waals surface area contributed by atoms with E-state index in [1.165, 1.54) is 4.90 Å².